The molecule has 2 aliphatic carbocycles. The summed E-state index contributed by atoms with van der Waals surface area (Å²) < 4.78 is 0. The first-order chi connectivity index (χ1) is 11.1. The maximum absolute atomic E-state index is 2.83. The lowest BCUT2D eigenvalue weighted by Crippen LogP contribution is -2.50. The molecule has 24 heavy (non-hydrogen) atoms. The van der Waals surface area contributed by atoms with Crippen LogP contribution < -0.4 is 0 Å². The second-order valence-electron chi connectivity index (χ2n) is 11.4. The Morgan fingerprint density at radius 1 is 0.833 bits per heavy atom. The molecule has 4 rings (SSSR count). The summed E-state index contributed by atoms with van der Waals surface area (Å²) in [7, 11) is 0. The van der Waals surface area contributed by atoms with E-state index in [-0.39, 0.29) is 0 Å². The highest BCUT2D eigenvalue weighted by atomic mass is 15.4. The topological polar surface area (TPSA) is 6.25 Å². The molecule has 2 heterocycles. The molecule has 0 amide bonds. The lowest BCUT2D eigenvalue weighted by molar-refractivity contribution is 0.00822. The van der Waals surface area contributed by atoms with Crippen LogP contribution in [0.4, 0.5) is 0 Å². The van der Waals surface area contributed by atoms with E-state index >= 15 is 0 Å². The van der Waals surface area contributed by atoms with E-state index in [9.17, 15) is 0 Å². The van der Waals surface area contributed by atoms with Crippen molar-refractivity contribution in [2.45, 2.75) is 109 Å². The zero-order valence-electron chi connectivity index (χ0n) is 17.0. The van der Waals surface area contributed by atoms with Gasteiger partial charge in [0.2, 0.25) is 0 Å². The summed E-state index contributed by atoms with van der Waals surface area (Å²) in [4.78, 5) is 5.54. The first-order valence-electron chi connectivity index (χ1n) is 10.7. The van der Waals surface area contributed by atoms with Gasteiger partial charge in [0.15, 0.2) is 0 Å². The number of rotatable bonds is 3. The summed E-state index contributed by atoms with van der Waals surface area (Å²) in [6, 6.07) is 0. The smallest absolute Gasteiger partial charge is 0.0344 e. The standard InChI is InChI=1S/C22H40N2/c1-19(2,3)23-14-12-21(13-15-23)8-6-18(7-9-21)16-20(4,5)24-17-22(24)10-11-22/h18H,6-17H2,1-5H3. The van der Waals surface area contributed by atoms with Crippen molar-refractivity contribution < 1.29 is 0 Å². The Hall–Kier alpha value is -0.0800. The molecule has 0 aromatic carbocycles. The van der Waals surface area contributed by atoms with Crippen LogP contribution in [0.1, 0.15) is 92.4 Å². The van der Waals surface area contributed by atoms with Crippen LogP contribution >= 0.6 is 0 Å². The van der Waals surface area contributed by atoms with Crippen LogP contribution in [0.3, 0.4) is 0 Å². The molecule has 138 valence electrons. The van der Waals surface area contributed by atoms with Crippen molar-refractivity contribution >= 4 is 0 Å². The van der Waals surface area contributed by atoms with Gasteiger partial charge in [-0.25, -0.2) is 0 Å². The van der Waals surface area contributed by atoms with Gasteiger partial charge in [-0.3, -0.25) is 9.80 Å². The van der Waals surface area contributed by atoms with Crippen molar-refractivity contribution in [2.24, 2.45) is 11.3 Å². The molecule has 2 aliphatic heterocycles. The van der Waals surface area contributed by atoms with E-state index in [0.29, 0.717) is 22.0 Å². The minimum atomic E-state index is 0.361. The van der Waals surface area contributed by atoms with Crippen molar-refractivity contribution in [2.75, 3.05) is 19.6 Å². The summed E-state index contributed by atoms with van der Waals surface area (Å²) in [6.07, 6.45) is 13.3. The fourth-order valence-corrected chi connectivity index (χ4v) is 6.15. The highest BCUT2D eigenvalue weighted by molar-refractivity contribution is 5.22. The van der Waals surface area contributed by atoms with Crippen molar-refractivity contribution in [1.82, 2.24) is 9.80 Å². The predicted octanol–water partition coefficient (Wildman–Crippen LogP) is 5.07. The van der Waals surface area contributed by atoms with E-state index in [1.165, 1.54) is 77.4 Å². The van der Waals surface area contributed by atoms with Crippen LogP contribution in [0.15, 0.2) is 0 Å². The second-order valence-corrected chi connectivity index (χ2v) is 11.4. The molecule has 2 saturated carbocycles. The molecular weight excluding hydrogens is 292 g/mol. The first kappa shape index (κ1) is 17.3. The summed E-state index contributed by atoms with van der Waals surface area (Å²) >= 11 is 0. The predicted molar refractivity (Wildman–Crippen MR) is 102 cm³/mol. The largest absolute Gasteiger partial charge is 0.298 e. The number of hydrogen-bond acceptors (Lipinski definition) is 2. The van der Waals surface area contributed by atoms with Crippen molar-refractivity contribution in [3.63, 3.8) is 0 Å². The Morgan fingerprint density at radius 2 is 1.42 bits per heavy atom. The molecule has 1 unspecified atom stereocenters. The molecule has 0 aromatic heterocycles. The molecule has 1 atom stereocenters. The summed E-state index contributed by atoms with van der Waals surface area (Å²) in [5, 5.41) is 0. The summed E-state index contributed by atoms with van der Waals surface area (Å²) in [5.41, 5.74) is 2.24. The van der Waals surface area contributed by atoms with Crippen LogP contribution in [-0.4, -0.2) is 46.1 Å². The molecule has 0 N–H and O–H groups in total. The molecular formula is C22H40N2. The third kappa shape index (κ3) is 3.18. The lowest BCUT2D eigenvalue weighted by atomic mass is 9.64. The summed E-state index contributed by atoms with van der Waals surface area (Å²) in [6.45, 7) is 16.2. The zero-order valence-corrected chi connectivity index (χ0v) is 17.0. The van der Waals surface area contributed by atoms with E-state index in [0.717, 1.165) is 5.92 Å². The van der Waals surface area contributed by atoms with Gasteiger partial charge in [-0.15, -0.1) is 0 Å². The van der Waals surface area contributed by atoms with Crippen molar-refractivity contribution in [3.8, 4) is 0 Å². The second kappa shape index (κ2) is 5.46. The minimum Gasteiger partial charge on any atom is -0.298 e. The Labute approximate surface area is 150 Å². The molecule has 0 aromatic rings. The zero-order chi connectivity index (χ0) is 17.2. The molecule has 0 bridgehead atoms. The average Bonchev–Trinajstić information content (AvgIpc) is 3.42. The normalized spacial score (nSPS) is 33.1. The molecule has 2 nitrogen and oxygen atoms in total. The number of hydrogen-bond donors (Lipinski definition) is 0. The van der Waals surface area contributed by atoms with Gasteiger partial charge < -0.3 is 0 Å². The van der Waals surface area contributed by atoms with Crippen LogP contribution in [0.5, 0.6) is 0 Å². The van der Waals surface area contributed by atoms with Crippen molar-refractivity contribution in [1.29, 1.82) is 0 Å². The van der Waals surface area contributed by atoms with Gasteiger partial charge in [-0.05, 0) is 117 Å². The fourth-order valence-electron chi connectivity index (χ4n) is 6.15. The van der Waals surface area contributed by atoms with Crippen LogP contribution in [0.25, 0.3) is 0 Å². The highest BCUT2D eigenvalue weighted by Gasteiger charge is 2.65. The lowest BCUT2D eigenvalue weighted by Gasteiger charge is -2.50. The van der Waals surface area contributed by atoms with E-state index in [1.807, 2.05) is 0 Å². The Morgan fingerprint density at radius 3 is 1.88 bits per heavy atom. The van der Waals surface area contributed by atoms with E-state index in [4.69, 9.17) is 0 Å². The molecule has 2 spiro atoms. The van der Waals surface area contributed by atoms with Gasteiger partial charge >= 0.3 is 0 Å². The summed E-state index contributed by atoms with van der Waals surface area (Å²) in [5.74, 6) is 0.989. The maximum Gasteiger partial charge on any atom is 0.0344 e. The molecule has 4 fully saturated rings. The van der Waals surface area contributed by atoms with Gasteiger partial charge in [0, 0.05) is 23.2 Å². The van der Waals surface area contributed by atoms with Crippen LogP contribution in [0.2, 0.25) is 0 Å². The number of nitrogens with zero attached hydrogens (tertiary/aromatic N) is 2. The molecule has 0 radical (unpaired) electrons. The van der Waals surface area contributed by atoms with Gasteiger partial charge in [-0.1, -0.05) is 0 Å². The Kier molecular flexibility index (Phi) is 3.94. The quantitative estimate of drug-likeness (QED) is 0.665. The molecule has 4 aliphatic rings. The third-order valence-corrected chi connectivity index (χ3v) is 8.21. The van der Waals surface area contributed by atoms with Gasteiger partial charge in [0.25, 0.3) is 0 Å². The minimum absolute atomic E-state index is 0.361. The maximum atomic E-state index is 2.83. The van der Waals surface area contributed by atoms with Gasteiger partial charge in [-0.2, -0.15) is 0 Å². The van der Waals surface area contributed by atoms with Crippen LogP contribution in [0, 0.1) is 11.3 Å². The monoisotopic (exact) mass is 332 g/mol. The van der Waals surface area contributed by atoms with Gasteiger partial charge in [0.1, 0.15) is 0 Å². The third-order valence-electron chi connectivity index (χ3n) is 8.21. The number of likely N-dealkylation sites (tertiary alicyclic amines) is 1. The first-order valence-corrected chi connectivity index (χ1v) is 10.7. The van der Waals surface area contributed by atoms with Crippen molar-refractivity contribution in [3.05, 3.63) is 0 Å². The Bertz CT molecular complexity index is 465. The van der Waals surface area contributed by atoms with E-state index in [2.05, 4.69) is 44.4 Å². The highest BCUT2D eigenvalue weighted by Crippen LogP contribution is 2.59. The number of piperidine rings is 1. The van der Waals surface area contributed by atoms with E-state index in [1.54, 1.807) is 0 Å². The van der Waals surface area contributed by atoms with Gasteiger partial charge in [0.05, 0.1) is 0 Å². The average molecular weight is 333 g/mol. The van der Waals surface area contributed by atoms with Crippen LogP contribution in [-0.2, 0) is 0 Å². The SMILES string of the molecule is CC(C)(C)N1CCC2(CCC(CC(C)(C)N3CC34CC4)CC2)CC1. The fraction of sp³-hybridized carbons (Fsp3) is 1.00. The van der Waals surface area contributed by atoms with E-state index < -0.39 is 0 Å². The Balaban J connectivity index is 1.27. The molecule has 2 heteroatoms. The molecule has 2 saturated heterocycles.